The van der Waals surface area contributed by atoms with Crippen LogP contribution >= 0.6 is 0 Å². The summed E-state index contributed by atoms with van der Waals surface area (Å²) in [7, 11) is 0. The van der Waals surface area contributed by atoms with E-state index in [0.29, 0.717) is 38.0 Å². The first-order chi connectivity index (χ1) is 32.2. The van der Waals surface area contributed by atoms with E-state index in [2.05, 4.69) is 36.4 Å². The third kappa shape index (κ3) is 27.2. The van der Waals surface area contributed by atoms with Crippen LogP contribution in [0.25, 0.3) is 0 Å². The smallest absolute Gasteiger partial charge is 0.0460 e. The lowest BCUT2D eigenvalue weighted by Crippen LogP contribution is -2.19. The number of aliphatic hydroxyl groups excluding tert-OH is 12. The summed E-state index contributed by atoms with van der Waals surface area (Å²) < 4.78 is 0. The van der Waals surface area contributed by atoms with Gasteiger partial charge in [0.1, 0.15) is 0 Å². The fourth-order valence-electron chi connectivity index (χ4n) is 9.18. The molecule has 0 radical (unpaired) electrons. The average Bonchev–Trinajstić information content (AvgIpc) is 3.36. The molecule has 9 unspecified atom stereocenters. The van der Waals surface area contributed by atoms with Crippen LogP contribution in [0.1, 0.15) is 131 Å². The zero-order valence-electron chi connectivity index (χ0n) is 39.8. The molecule has 9 atom stereocenters. The van der Waals surface area contributed by atoms with E-state index in [4.69, 9.17) is 25.5 Å². The van der Waals surface area contributed by atoms with Gasteiger partial charge in [0.05, 0.1) is 0 Å². The van der Waals surface area contributed by atoms with E-state index in [1.54, 1.807) is 0 Å². The summed E-state index contributed by atoms with van der Waals surface area (Å²) in [6.45, 7) is 1.25. The van der Waals surface area contributed by atoms with Crippen LogP contribution in [0.3, 0.4) is 0 Å². The molecule has 378 valence electrons. The molecule has 0 aliphatic heterocycles. The van der Waals surface area contributed by atoms with E-state index < -0.39 is 0 Å². The van der Waals surface area contributed by atoms with Gasteiger partial charge in [-0.3, -0.25) is 0 Å². The molecule has 0 saturated carbocycles. The standard InChI is InChI=1S/3C18H30O4/c19-9-4-5-15(13-21)11-16(14-22)12-18(8-10-20)17-6-2-1-3-7-17;19-9-4-5-15(13-21)11-18(12-16(14-22)8-10-20)17-6-2-1-3-7-17;19-9-4-7-18(17-5-2-1-3-6-17)12-16(14-22)11-15(13-21)8-10-20/h2*1-3,6-7,15-16,18-22H,4-5,8-14H2;1-3,5-6,15-16,18-22H,4,7-14H2. The largest absolute Gasteiger partial charge is 0.396 e. The number of rotatable bonds is 36. The molecule has 0 bridgehead atoms. The van der Waals surface area contributed by atoms with Crippen LogP contribution in [0.15, 0.2) is 91.0 Å². The van der Waals surface area contributed by atoms with E-state index in [0.717, 1.165) is 64.2 Å². The molecule has 0 saturated heterocycles. The van der Waals surface area contributed by atoms with E-state index in [1.807, 2.05) is 54.6 Å². The van der Waals surface area contributed by atoms with E-state index in [-0.39, 0.29) is 127 Å². The Bertz CT molecular complexity index is 1450. The van der Waals surface area contributed by atoms with Crippen molar-refractivity contribution in [2.24, 2.45) is 35.5 Å². The van der Waals surface area contributed by atoms with Gasteiger partial charge in [0.25, 0.3) is 0 Å². The van der Waals surface area contributed by atoms with Gasteiger partial charge in [-0.2, -0.15) is 0 Å². The molecule has 0 aliphatic carbocycles. The van der Waals surface area contributed by atoms with Crippen LogP contribution in [0, 0.1) is 35.5 Å². The predicted molar refractivity (Wildman–Crippen MR) is 263 cm³/mol. The van der Waals surface area contributed by atoms with E-state index in [1.165, 1.54) is 16.7 Å². The molecule has 12 heteroatoms. The Kier molecular flexibility index (Phi) is 38.2. The highest BCUT2D eigenvalue weighted by Crippen LogP contribution is 2.34. The van der Waals surface area contributed by atoms with Gasteiger partial charge in [-0.25, -0.2) is 0 Å². The van der Waals surface area contributed by atoms with Gasteiger partial charge in [0.15, 0.2) is 0 Å². The zero-order chi connectivity index (χ0) is 48.6. The van der Waals surface area contributed by atoms with Gasteiger partial charge in [-0.05, 0) is 166 Å². The molecular weight excluding hydrogens is 841 g/mol. The fraction of sp³-hybridized carbons (Fsp3) is 0.667. The number of hydrogen-bond acceptors (Lipinski definition) is 12. The maximum Gasteiger partial charge on any atom is 0.0460 e. The lowest BCUT2D eigenvalue weighted by molar-refractivity contribution is 0.129. The number of benzene rings is 3. The Labute approximate surface area is 396 Å². The van der Waals surface area contributed by atoms with E-state index in [9.17, 15) is 35.7 Å². The molecule has 12 nitrogen and oxygen atoms in total. The van der Waals surface area contributed by atoms with Gasteiger partial charge in [0.2, 0.25) is 0 Å². The second kappa shape index (κ2) is 41.2. The molecular formula is C54H90O12. The molecule has 66 heavy (non-hydrogen) atoms. The first-order valence-corrected chi connectivity index (χ1v) is 24.7. The van der Waals surface area contributed by atoms with Crippen molar-refractivity contribution in [1.29, 1.82) is 0 Å². The maximum absolute atomic E-state index is 9.67. The van der Waals surface area contributed by atoms with Crippen molar-refractivity contribution in [2.75, 3.05) is 79.3 Å². The highest BCUT2D eigenvalue weighted by Gasteiger charge is 2.24. The Hall–Kier alpha value is -2.82. The highest BCUT2D eigenvalue weighted by molar-refractivity contribution is 5.21. The van der Waals surface area contributed by atoms with Gasteiger partial charge >= 0.3 is 0 Å². The normalized spacial score (nSPS) is 15.5. The van der Waals surface area contributed by atoms with Gasteiger partial charge in [-0.15, -0.1) is 0 Å². The third-order valence-corrected chi connectivity index (χ3v) is 13.0. The quantitative estimate of drug-likeness (QED) is 0.0333. The first kappa shape index (κ1) is 61.2. The van der Waals surface area contributed by atoms with Gasteiger partial charge < -0.3 is 61.3 Å². The Morgan fingerprint density at radius 3 is 0.848 bits per heavy atom. The van der Waals surface area contributed by atoms with Crippen molar-refractivity contribution in [3.8, 4) is 0 Å². The summed E-state index contributed by atoms with van der Waals surface area (Å²) in [5.74, 6) is 1.38. The summed E-state index contributed by atoms with van der Waals surface area (Å²) >= 11 is 0. The molecule has 0 amide bonds. The highest BCUT2D eigenvalue weighted by atomic mass is 16.3. The third-order valence-electron chi connectivity index (χ3n) is 13.0. The summed E-state index contributed by atoms with van der Waals surface area (Å²) in [5, 5.41) is 112. The van der Waals surface area contributed by atoms with Crippen molar-refractivity contribution >= 4 is 0 Å². The second-order valence-electron chi connectivity index (χ2n) is 18.2. The van der Waals surface area contributed by atoms with Crippen molar-refractivity contribution in [2.45, 2.75) is 114 Å². The molecule has 0 aromatic heterocycles. The van der Waals surface area contributed by atoms with Crippen LogP contribution in [-0.4, -0.2) is 141 Å². The van der Waals surface area contributed by atoms with Crippen molar-refractivity contribution in [3.63, 3.8) is 0 Å². The van der Waals surface area contributed by atoms with Crippen LogP contribution < -0.4 is 0 Å². The van der Waals surface area contributed by atoms with Crippen LogP contribution in [0.2, 0.25) is 0 Å². The average molecular weight is 931 g/mol. The Morgan fingerprint density at radius 1 is 0.242 bits per heavy atom. The van der Waals surface area contributed by atoms with Gasteiger partial charge in [0, 0.05) is 79.3 Å². The molecule has 3 rings (SSSR count). The molecule has 3 aromatic rings. The van der Waals surface area contributed by atoms with Crippen molar-refractivity contribution in [1.82, 2.24) is 0 Å². The predicted octanol–water partition coefficient (Wildman–Crippen LogP) is 5.77. The molecule has 3 aromatic carbocycles. The van der Waals surface area contributed by atoms with Crippen LogP contribution in [0.5, 0.6) is 0 Å². The van der Waals surface area contributed by atoms with E-state index >= 15 is 0 Å². The molecule has 0 spiro atoms. The first-order valence-electron chi connectivity index (χ1n) is 24.7. The van der Waals surface area contributed by atoms with Gasteiger partial charge in [-0.1, -0.05) is 91.0 Å². The minimum absolute atomic E-state index is 0.0383. The SMILES string of the molecule is OCCCC(CC(CO)CC(CO)CCO)c1ccccc1.OCCCC(CO)CC(CC(CO)CCO)c1ccccc1.OCCCC(CO)CC(CO)CC(CCO)c1ccccc1. The summed E-state index contributed by atoms with van der Waals surface area (Å²) in [5.41, 5.74) is 3.63. The lowest BCUT2D eigenvalue weighted by atomic mass is 9.81. The Morgan fingerprint density at radius 2 is 0.515 bits per heavy atom. The molecule has 0 heterocycles. The van der Waals surface area contributed by atoms with Crippen molar-refractivity contribution in [3.05, 3.63) is 108 Å². The number of aliphatic hydroxyl groups is 12. The second-order valence-corrected chi connectivity index (χ2v) is 18.2. The van der Waals surface area contributed by atoms with Crippen LogP contribution in [0.4, 0.5) is 0 Å². The summed E-state index contributed by atoms with van der Waals surface area (Å²) in [4.78, 5) is 0. The monoisotopic (exact) mass is 931 g/mol. The fourth-order valence-corrected chi connectivity index (χ4v) is 9.18. The minimum Gasteiger partial charge on any atom is -0.396 e. The van der Waals surface area contributed by atoms with Crippen molar-refractivity contribution < 1.29 is 61.3 Å². The van der Waals surface area contributed by atoms with Crippen LogP contribution in [-0.2, 0) is 0 Å². The molecule has 0 fully saturated rings. The maximum atomic E-state index is 9.67. The lowest BCUT2D eigenvalue weighted by Gasteiger charge is -2.26. The topological polar surface area (TPSA) is 243 Å². The zero-order valence-corrected chi connectivity index (χ0v) is 39.8. The number of hydrogen-bond donors (Lipinski definition) is 12. The summed E-state index contributed by atoms with van der Waals surface area (Å²) in [6.07, 6.45) is 11.2. The Balaban J connectivity index is 0.000000495. The molecule has 12 N–H and O–H groups in total. The molecule has 0 aliphatic rings. The summed E-state index contributed by atoms with van der Waals surface area (Å²) in [6, 6.07) is 30.4. The minimum atomic E-state index is 0.0383.